The topological polar surface area (TPSA) is 39.7 Å². The van der Waals surface area contributed by atoms with Gasteiger partial charge in [-0.15, -0.1) is 0 Å². The van der Waals surface area contributed by atoms with Crippen LogP contribution in [0.4, 0.5) is 0 Å². The summed E-state index contributed by atoms with van der Waals surface area (Å²) >= 11 is 0. The van der Waals surface area contributed by atoms with Gasteiger partial charge < -0.3 is 19.5 Å². The van der Waals surface area contributed by atoms with Gasteiger partial charge in [0.05, 0.1) is 13.2 Å². The lowest BCUT2D eigenvalue weighted by atomic mass is 9.93. The van der Waals surface area contributed by atoms with Gasteiger partial charge in [-0.05, 0) is 58.5 Å². The molecule has 1 aliphatic heterocycles. The maximum atomic E-state index is 6.14. The zero-order valence-corrected chi connectivity index (χ0v) is 20.5. The predicted molar refractivity (Wildman–Crippen MR) is 144 cm³/mol. The van der Waals surface area contributed by atoms with Crippen LogP contribution >= 0.6 is 0 Å². The number of fused-ring (bicyclic) bond motifs is 1. The number of nitrogens with one attached hydrogen (secondary N) is 1. The fraction of sp³-hybridized carbons (Fsp3) is 0.188. The molecule has 1 atom stereocenters. The Bertz CT molecular complexity index is 1300. The molecule has 0 aromatic heterocycles. The summed E-state index contributed by atoms with van der Waals surface area (Å²) in [6, 6.07) is 32.9. The van der Waals surface area contributed by atoms with Crippen LogP contribution in [0.1, 0.15) is 33.9 Å². The maximum absolute atomic E-state index is 6.14. The SMILES string of the molecule is COc1cc2c(cc1OCc1ccccc1)CCNC2/C=C/c1cccc(OCc2ccccc2)c1. The minimum atomic E-state index is 0.0970. The number of methoxy groups -OCH3 is 1. The normalized spacial score (nSPS) is 14.9. The Labute approximate surface area is 213 Å². The van der Waals surface area contributed by atoms with Crippen molar-refractivity contribution < 1.29 is 14.2 Å². The lowest BCUT2D eigenvalue weighted by molar-refractivity contribution is 0.283. The second-order valence-corrected chi connectivity index (χ2v) is 8.86. The first-order valence-corrected chi connectivity index (χ1v) is 12.3. The Kier molecular flexibility index (Phi) is 7.64. The van der Waals surface area contributed by atoms with Crippen molar-refractivity contribution in [3.63, 3.8) is 0 Å². The van der Waals surface area contributed by atoms with E-state index in [-0.39, 0.29) is 6.04 Å². The molecular formula is C32H31NO3. The molecule has 1 unspecified atom stereocenters. The summed E-state index contributed by atoms with van der Waals surface area (Å²) in [5.41, 5.74) is 5.90. The van der Waals surface area contributed by atoms with Crippen molar-refractivity contribution in [1.29, 1.82) is 0 Å². The van der Waals surface area contributed by atoms with E-state index < -0.39 is 0 Å². The van der Waals surface area contributed by atoms with Crippen molar-refractivity contribution >= 4 is 6.08 Å². The van der Waals surface area contributed by atoms with Gasteiger partial charge in [-0.2, -0.15) is 0 Å². The third-order valence-corrected chi connectivity index (χ3v) is 6.34. The van der Waals surface area contributed by atoms with Crippen LogP contribution in [-0.4, -0.2) is 13.7 Å². The van der Waals surface area contributed by atoms with Gasteiger partial charge in [-0.25, -0.2) is 0 Å². The quantitative estimate of drug-likeness (QED) is 0.289. The molecule has 4 nitrogen and oxygen atoms in total. The molecule has 4 aromatic carbocycles. The van der Waals surface area contributed by atoms with E-state index >= 15 is 0 Å². The Morgan fingerprint density at radius 1 is 0.778 bits per heavy atom. The first-order valence-electron chi connectivity index (χ1n) is 12.3. The van der Waals surface area contributed by atoms with Crippen LogP contribution in [0.3, 0.4) is 0 Å². The number of benzene rings is 4. The second-order valence-electron chi connectivity index (χ2n) is 8.86. The summed E-state index contributed by atoms with van der Waals surface area (Å²) in [7, 11) is 1.69. The maximum Gasteiger partial charge on any atom is 0.161 e. The smallest absolute Gasteiger partial charge is 0.161 e. The molecule has 0 spiro atoms. The van der Waals surface area contributed by atoms with Crippen LogP contribution in [-0.2, 0) is 19.6 Å². The minimum Gasteiger partial charge on any atom is -0.493 e. The van der Waals surface area contributed by atoms with E-state index in [0.717, 1.165) is 46.9 Å². The molecule has 0 aliphatic carbocycles. The fourth-order valence-corrected chi connectivity index (χ4v) is 4.43. The van der Waals surface area contributed by atoms with Crippen LogP contribution in [0.25, 0.3) is 6.08 Å². The van der Waals surface area contributed by atoms with Gasteiger partial charge in [0.25, 0.3) is 0 Å². The molecule has 0 saturated heterocycles. The van der Waals surface area contributed by atoms with Crippen molar-refractivity contribution in [2.24, 2.45) is 0 Å². The van der Waals surface area contributed by atoms with Crippen LogP contribution in [0.2, 0.25) is 0 Å². The number of rotatable bonds is 9. The van der Waals surface area contributed by atoms with E-state index in [1.165, 1.54) is 11.1 Å². The number of ether oxygens (including phenoxy) is 3. The van der Waals surface area contributed by atoms with Crippen molar-refractivity contribution in [1.82, 2.24) is 5.32 Å². The van der Waals surface area contributed by atoms with E-state index in [4.69, 9.17) is 14.2 Å². The molecule has 1 heterocycles. The highest BCUT2D eigenvalue weighted by molar-refractivity contribution is 5.56. The van der Waals surface area contributed by atoms with Crippen LogP contribution in [0.5, 0.6) is 17.2 Å². The van der Waals surface area contributed by atoms with Crippen molar-refractivity contribution in [3.8, 4) is 17.2 Å². The van der Waals surface area contributed by atoms with Crippen molar-refractivity contribution in [3.05, 3.63) is 131 Å². The average molecular weight is 478 g/mol. The Balaban J connectivity index is 1.29. The number of hydrogen-bond acceptors (Lipinski definition) is 4. The van der Waals surface area contributed by atoms with E-state index in [0.29, 0.717) is 13.2 Å². The van der Waals surface area contributed by atoms with Crippen LogP contribution in [0.15, 0.2) is 103 Å². The molecule has 36 heavy (non-hydrogen) atoms. The third-order valence-electron chi connectivity index (χ3n) is 6.34. The highest BCUT2D eigenvalue weighted by atomic mass is 16.5. The molecule has 0 bridgehead atoms. The molecule has 5 rings (SSSR count). The first kappa shape index (κ1) is 23.7. The largest absolute Gasteiger partial charge is 0.493 e. The molecule has 0 amide bonds. The molecule has 182 valence electrons. The molecule has 0 saturated carbocycles. The van der Waals surface area contributed by atoms with Gasteiger partial charge in [0, 0.05) is 6.54 Å². The molecular weight excluding hydrogens is 446 g/mol. The van der Waals surface area contributed by atoms with E-state index in [1.807, 2.05) is 48.5 Å². The molecule has 1 aliphatic rings. The lowest BCUT2D eigenvalue weighted by Gasteiger charge is -2.26. The average Bonchev–Trinajstić information content (AvgIpc) is 2.94. The summed E-state index contributed by atoms with van der Waals surface area (Å²) in [5.74, 6) is 2.40. The minimum absolute atomic E-state index is 0.0970. The van der Waals surface area contributed by atoms with Gasteiger partial charge in [-0.3, -0.25) is 0 Å². The standard InChI is InChI=1S/C32H31NO3/c1-34-31-21-29-27(20-32(31)36-23-26-11-6-3-7-12-26)17-18-33-30(29)16-15-24-13-8-14-28(19-24)35-22-25-9-4-2-5-10-25/h2-16,19-21,30,33H,17-18,22-23H2,1H3/b16-15+. The molecule has 1 N–H and O–H groups in total. The zero-order valence-electron chi connectivity index (χ0n) is 20.5. The van der Waals surface area contributed by atoms with Gasteiger partial charge in [0.2, 0.25) is 0 Å². The highest BCUT2D eigenvalue weighted by Crippen LogP contribution is 2.36. The highest BCUT2D eigenvalue weighted by Gasteiger charge is 2.21. The fourth-order valence-electron chi connectivity index (χ4n) is 4.43. The van der Waals surface area contributed by atoms with Crippen molar-refractivity contribution in [2.45, 2.75) is 25.7 Å². The van der Waals surface area contributed by atoms with E-state index in [9.17, 15) is 0 Å². The monoisotopic (exact) mass is 477 g/mol. The van der Waals surface area contributed by atoms with E-state index in [2.05, 4.69) is 66.0 Å². The van der Waals surface area contributed by atoms with Crippen LogP contribution in [0, 0.1) is 0 Å². The summed E-state index contributed by atoms with van der Waals surface area (Å²) in [6.45, 7) is 1.98. The lowest BCUT2D eigenvalue weighted by Crippen LogP contribution is -2.28. The van der Waals surface area contributed by atoms with E-state index in [1.54, 1.807) is 7.11 Å². The van der Waals surface area contributed by atoms with Gasteiger partial charge in [0.15, 0.2) is 11.5 Å². The summed E-state index contributed by atoms with van der Waals surface area (Å²) in [4.78, 5) is 0. The summed E-state index contributed by atoms with van der Waals surface area (Å²) in [5, 5.41) is 3.62. The Hall–Kier alpha value is -4.02. The Morgan fingerprint density at radius 3 is 2.22 bits per heavy atom. The molecule has 0 radical (unpaired) electrons. The van der Waals surface area contributed by atoms with Gasteiger partial charge in [-0.1, -0.05) is 84.9 Å². The predicted octanol–water partition coefficient (Wildman–Crippen LogP) is 6.75. The molecule has 4 heteroatoms. The zero-order chi connectivity index (χ0) is 24.6. The third kappa shape index (κ3) is 5.96. The van der Waals surface area contributed by atoms with Gasteiger partial charge >= 0.3 is 0 Å². The first-order chi connectivity index (χ1) is 17.8. The van der Waals surface area contributed by atoms with Crippen LogP contribution < -0.4 is 19.5 Å². The second kappa shape index (κ2) is 11.6. The number of hydrogen-bond donors (Lipinski definition) is 1. The Morgan fingerprint density at radius 2 is 1.50 bits per heavy atom. The van der Waals surface area contributed by atoms with Crippen molar-refractivity contribution in [2.75, 3.05) is 13.7 Å². The molecule has 0 fully saturated rings. The summed E-state index contributed by atoms with van der Waals surface area (Å²) < 4.78 is 17.8. The van der Waals surface area contributed by atoms with Gasteiger partial charge in [0.1, 0.15) is 19.0 Å². The molecule has 4 aromatic rings. The summed E-state index contributed by atoms with van der Waals surface area (Å²) in [6.07, 6.45) is 5.31.